The summed E-state index contributed by atoms with van der Waals surface area (Å²) in [4.78, 5) is 0. The number of hydrogen-bond acceptors (Lipinski definition) is 5. The maximum Gasteiger partial charge on any atom is 0.440 e. The molecule has 0 spiro atoms. The van der Waals surface area contributed by atoms with Crippen LogP contribution in [0.15, 0.2) is 91.0 Å². The van der Waals surface area contributed by atoms with Crippen LogP contribution in [0.4, 0.5) is 0 Å². The first-order valence-electron chi connectivity index (χ1n) is 8.59. The zero-order chi connectivity index (χ0) is 19.8. The number of nitrogens with zero attached hydrogens (tertiary/aromatic N) is 2. The summed E-state index contributed by atoms with van der Waals surface area (Å²) < 4.78 is 25.7. The monoisotopic (exact) mass is 388 g/mol. The molecule has 0 saturated carbocycles. The summed E-state index contributed by atoms with van der Waals surface area (Å²) >= 11 is 0. The second kappa shape index (κ2) is 8.91. The van der Waals surface area contributed by atoms with Crippen LogP contribution in [0.25, 0.3) is 0 Å². The maximum atomic E-state index is 14.1. The van der Waals surface area contributed by atoms with Crippen LogP contribution >= 0.6 is 7.60 Å². The maximum absolute atomic E-state index is 14.1. The largest absolute Gasteiger partial charge is 0.440 e. The summed E-state index contributed by atoms with van der Waals surface area (Å²) in [6.07, 6.45) is 0. The van der Waals surface area contributed by atoms with Crippen molar-refractivity contribution in [2.45, 2.75) is 5.66 Å². The van der Waals surface area contributed by atoms with Crippen molar-refractivity contribution in [2.24, 2.45) is 5.92 Å². The highest BCUT2D eigenvalue weighted by atomic mass is 31.2. The van der Waals surface area contributed by atoms with Crippen molar-refractivity contribution in [3.63, 3.8) is 0 Å². The smallest absolute Gasteiger partial charge is 0.416 e. The van der Waals surface area contributed by atoms with Gasteiger partial charge in [-0.15, -0.1) is 0 Å². The summed E-state index contributed by atoms with van der Waals surface area (Å²) in [6, 6.07) is 29.8. The minimum atomic E-state index is -4.03. The molecule has 0 aliphatic rings. The summed E-state index contributed by atoms with van der Waals surface area (Å²) in [6.45, 7) is 0. The average Bonchev–Trinajstić information content (AvgIpc) is 2.73. The fourth-order valence-electron chi connectivity index (χ4n) is 2.77. The summed E-state index contributed by atoms with van der Waals surface area (Å²) in [5, 5.41) is 19.1. The summed E-state index contributed by atoms with van der Waals surface area (Å²) in [5.41, 5.74) is -0.546. The molecule has 3 rings (SSSR count). The van der Waals surface area contributed by atoms with Crippen molar-refractivity contribution in [1.82, 2.24) is 0 Å². The van der Waals surface area contributed by atoms with Gasteiger partial charge in [0.05, 0.1) is 12.1 Å². The number of nitriles is 2. The molecule has 0 aliphatic carbocycles. The second-order valence-corrected chi connectivity index (χ2v) is 7.94. The van der Waals surface area contributed by atoms with Crippen molar-refractivity contribution >= 4 is 7.60 Å². The normalized spacial score (nSPS) is 11.8. The lowest BCUT2D eigenvalue weighted by molar-refractivity contribution is 0.367. The molecule has 0 saturated heterocycles. The molecule has 0 amide bonds. The predicted molar refractivity (Wildman–Crippen MR) is 106 cm³/mol. The highest BCUT2D eigenvalue weighted by Crippen LogP contribution is 2.62. The van der Waals surface area contributed by atoms with E-state index in [4.69, 9.17) is 9.05 Å². The fraction of sp³-hybridized carbons (Fsp3) is 0.0909. The van der Waals surface area contributed by atoms with Crippen LogP contribution in [0.1, 0.15) is 11.2 Å². The Balaban J connectivity index is 2.12. The molecule has 0 bridgehead atoms. The van der Waals surface area contributed by atoms with Crippen LogP contribution in [-0.2, 0) is 4.57 Å². The van der Waals surface area contributed by atoms with E-state index in [0.717, 1.165) is 0 Å². The molecule has 0 aromatic heterocycles. The Morgan fingerprint density at radius 3 is 1.46 bits per heavy atom. The van der Waals surface area contributed by atoms with Crippen LogP contribution in [0.2, 0.25) is 0 Å². The molecule has 0 aliphatic heterocycles. The lowest BCUT2D eigenvalue weighted by atomic mass is 10.0. The highest BCUT2D eigenvalue weighted by molar-refractivity contribution is 7.55. The van der Waals surface area contributed by atoms with Gasteiger partial charge in [-0.25, -0.2) is 4.57 Å². The fourth-order valence-corrected chi connectivity index (χ4v) is 4.90. The van der Waals surface area contributed by atoms with Gasteiger partial charge in [0, 0.05) is 0 Å². The second-order valence-electron chi connectivity index (χ2n) is 5.94. The lowest BCUT2D eigenvalue weighted by Gasteiger charge is -2.28. The quantitative estimate of drug-likeness (QED) is 0.482. The third kappa shape index (κ3) is 4.41. The van der Waals surface area contributed by atoms with Crippen molar-refractivity contribution in [1.29, 1.82) is 10.5 Å². The van der Waals surface area contributed by atoms with E-state index in [2.05, 4.69) is 0 Å². The average molecular weight is 388 g/mol. The van der Waals surface area contributed by atoms with Gasteiger partial charge in [-0.2, -0.15) is 10.5 Å². The number of hydrogen-bond donors (Lipinski definition) is 0. The van der Waals surface area contributed by atoms with Crippen LogP contribution < -0.4 is 9.05 Å². The number of para-hydroxylation sites is 2. The lowest BCUT2D eigenvalue weighted by Crippen LogP contribution is -2.17. The zero-order valence-electron chi connectivity index (χ0n) is 14.9. The third-order valence-corrected chi connectivity index (χ3v) is 6.24. The van der Waals surface area contributed by atoms with E-state index in [1.54, 1.807) is 91.0 Å². The van der Waals surface area contributed by atoms with Gasteiger partial charge in [0.2, 0.25) is 0 Å². The Bertz CT molecular complexity index is 969. The topological polar surface area (TPSA) is 83.1 Å². The zero-order valence-corrected chi connectivity index (χ0v) is 15.8. The molecule has 138 valence electrons. The van der Waals surface area contributed by atoms with Crippen molar-refractivity contribution < 1.29 is 13.6 Å². The molecular formula is C22H17N2O3P. The van der Waals surface area contributed by atoms with E-state index in [1.165, 1.54) is 0 Å². The Kier molecular flexibility index (Phi) is 6.12. The van der Waals surface area contributed by atoms with Gasteiger partial charge in [0.25, 0.3) is 0 Å². The van der Waals surface area contributed by atoms with Gasteiger partial charge in [0.15, 0.2) is 5.92 Å². The van der Waals surface area contributed by atoms with E-state index in [-0.39, 0.29) is 0 Å². The molecule has 1 atom stereocenters. The number of rotatable bonds is 7. The predicted octanol–water partition coefficient (Wildman–Crippen LogP) is 5.74. The molecule has 5 nitrogen and oxygen atoms in total. The molecule has 6 heteroatoms. The Morgan fingerprint density at radius 1 is 0.679 bits per heavy atom. The van der Waals surface area contributed by atoms with Crippen molar-refractivity contribution in [3.8, 4) is 23.6 Å². The SMILES string of the molecule is N#CC(C#N)C(c1ccccc1)P(=O)(Oc1ccccc1)Oc1ccccc1. The standard InChI is InChI=1S/C22H17N2O3P/c23-16-19(17-24)22(18-10-4-1-5-11-18)28(25,26-20-12-6-2-7-13-20)27-21-14-8-3-9-15-21/h1-15,19,22H. The molecule has 0 fully saturated rings. The molecule has 0 heterocycles. The molecular weight excluding hydrogens is 371 g/mol. The van der Waals surface area contributed by atoms with Crippen molar-refractivity contribution in [3.05, 3.63) is 96.6 Å². The van der Waals surface area contributed by atoms with Crippen LogP contribution in [0.3, 0.4) is 0 Å². The van der Waals surface area contributed by atoms with Crippen LogP contribution in [0.5, 0.6) is 11.5 Å². The van der Waals surface area contributed by atoms with E-state index < -0.39 is 19.2 Å². The Hall–Kier alpha value is -3.53. The molecule has 1 unspecified atom stereocenters. The molecule has 0 radical (unpaired) electrons. The molecule has 0 N–H and O–H groups in total. The van der Waals surface area contributed by atoms with Crippen LogP contribution in [-0.4, -0.2) is 0 Å². The van der Waals surface area contributed by atoms with Gasteiger partial charge < -0.3 is 9.05 Å². The highest BCUT2D eigenvalue weighted by Gasteiger charge is 2.46. The molecule has 3 aromatic rings. The van der Waals surface area contributed by atoms with Crippen LogP contribution in [0, 0.1) is 28.6 Å². The van der Waals surface area contributed by atoms with Gasteiger partial charge in [0.1, 0.15) is 17.2 Å². The molecule has 3 aromatic carbocycles. The first kappa shape index (κ1) is 19.2. The molecule has 28 heavy (non-hydrogen) atoms. The Morgan fingerprint density at radius 2 is 1.07 bits per heavy atom. The summed E-state index contributed by atoms with van der Waals surface area (Å²) in [5.74, 6) is -0.560. The van der Waals surface area contributed by atoms with Gasteiger partial charge in [-0.05, 0) is 29.8 Å². The van der Waals surface area contributed by atoms with Gasteiger partial charge >= 0.3 is 7.60 Å². The minimum absolute atomic E-state index is 0.331. The van der Waals surface area contributed by atoms with E-state index in [1.807, 2.05) is 12.1 Å². The van der Waals surface area contributed by atoms with Gasteiger partial charge in [-0.1, -0.05) is 66.7 Å². The third-order valence-electron chi connectivity index (χ3n) is 4.03. The van der Waals surface area contributed by atoms with E-state index in [9.17, 15) is 15.1 Å². The Labute approximate surface area is 163 Å². The summed E-state index contributed by atoms with van der Waals surface area (Å²) in [7, 11) is -4.03. The first-order valence-corrected chi connectivity index (χ1v) is 10.2. The van der Waals surface area contributed by atoms with Crippen molar-refractivity contribution in [2.75, 3.05) is 0 Å². The number of benzene rings is 3. The van der Waals surface area contributed by atoms with Gasteiger partial charge in [-0.3, -0.25) is 0 Å². The van der Waals surface area contributed by atoms with E-state index >= 15 is 0 Å². The van der Waals surface area contributed by atoms with E-state index in [0.29, 0.717) is 17.1 Å². The first-order chi connectivity index (χ1) is 13.7. The minimum Gasteiger partial charge on any atom is -0.416 e.